The maximum atomic E-state index is 5.75. The number of nitrogens with one attached hydrogen (secondary N) is 1. The summed E-state index contributed by atoms with van der Waals surface area (Å²) in [4.78, 5) is 2.41. The Balaban J connectivity index is 1.99. The van der Waals surface area contributed by atoms with Crippen molar-refractivity contribution in [1.82, 2.24) is 5.32 Å². The summed E-state index contributed by atoms with van der Waals surface area (Å²) >= 11 is 3.58. The number of piperazine rings is 1. The molecular formula is C12H15BrN2O. The third-order valence-electron chi connectivity index (χ3n) is 3.19. The van der Waals surface area contributed by atoms with Crippen LogP contribution in [0.1, 0.15) is 5.56 Å². The minimum Gasteiger partial charge on any atom is -0.491 e. The molecule has 3 rings (SSSR count). The van der Waals surface area contributed by atoms with E-state index < -0.39 is 0 Å². The van der Waals surface area contributed by atoms with E-state index >= 15 is 0 Å². The summed E-state index contributed by atoms with van der Waals surface area (Å²) in [6.45, 7) is 5.06. The van der Waals surface area contributed by atoms with Crippen molar-refractivity contribution >= 4 is 21.6 Å². The molecule has 0 aliphatic carbocycles. The number of rotatable bonds is 1. The molecule has 0 spiro atoms. The zero-order valence-electron chi connectivity index (χ0n) is 9.13. The molecule has 0 bridgehead atoms. The van der Waals surface area contributed by atoms with Crippen molar-refractivity contribution in [3.63, 3.8) is 0 Å². The van der Waals surface area contributed by atoms with Crippen molar-refractivity contribution in [2.45, 2.75) is 6.42 Å². The molecule has 1 saturated heterocycles. The van der Waals surface area contributed by atoms with Gasteiger partial charge in [-0.1, -0.05) is 15.9 Å². The number of hydrogen-bond acceptors (Lipinski definition) is 3. The average molecular weight is 283 g/mol. The van der Waals surface area contributed by atoms with Gasteiger partial charge in [0.05, 0.1) is 12.3 Å². The van der Waals surface area contributed by atoms with Crippen molar-refractivity contribution in [2.24, 2.45) is 0 Å². The van der Waals surface area contributed by atoms with E-state index in [-0.39, 0.29) is 0 Å². The molecule has 0 amide bonds. The summed E-state index contributed by atoms with van der Waals surface area (Å²) in [5.41, 5.74) is 2.59. The van der Waals surface area contributed by atoms with Crippen molar-refractivity contribution in [3.8, 4) is 5.75 Å². The quantitative estimate of drug-likeness (QED) is 0.850. The summed E-state index contributed by atoms with van der Waals surface area (Å²) in [7, 11) is 0. The maximum Gasteiger partial charge on any atom is 0.145 e. The van der Waals surface area contributed by atoms with Gasteiger partial charge in [-0.15, -0.1) is 0 Å². The van der Waals surface area contributed by atoms with Crippen LogP contribution in [0.15, 0.2) is 16.6 Å². The van der Waals surface area contributed by atoms with Crippen molar-refractivity contribution in [1.29, 1.82) is 0 Å². The Morgan fingerprint density at radius 3 is 2.88 bits per heavy atom. The lowest BCUT2D eigenvalue weighted by Gasteiger charge is -2.30. The van der Waals surface area contributed by atoms with Gasteiger partial charge < -0.3 is 15.0 Å². The van der Waals surface area contributed by atoms with Crippen LogP contribution in [-0.2, 0) is 6.42 Å². The lowest BCUT2D eigenvalue weighted by atomic mass is 10.1. The van der Waals surface area contributed by atoms with Crippen LogP contribution < -0.4 is 15.0 Å². The highest BCUT2D eigenvalue weighted by molar-refractivity contribution is 9.10. The van der Waals surface area contributed by atoms with E-state index in [1.165, 1.54) is 11.3 Å². The Hall–Kier alpha value is -0.740. The van der Waals surface area contributed by atoms with Crippen LogP contribution in [0, 0.1) is 0 Å². The Labute approximate surface area is 104 Å². The summed E-state index contributed by atoms with van der Waals surface area (Å²) in [5, 5.41) is 3.37. The van der Waals surface area contributed by atoms with Crippen LogP contribution >= 0.6 is 15.9 Å². The number of fused-ring (bicyclic) bond motifs is 1. The fourth-order valence-corrected chi connectivity index (χ4v) is 2.88. The van der Waals surface area contributed by atoms with E-state index in [0.717, 1.165) is 49.4 Å². The van der Waals surface area contributed by atoms with Gasteiger partial charge in [-0.05, 0) is 12.1 Å². The monoisotopic (exact) mass is 282 g/mol. The van der Waals surface area contributed by atoms with E-state index in [4.69, 9.17) is 4.74 Å². The minimum atomic E-state index is 0.824. The van der Waals surface area contributed by atoms with Crippen molar-refractivity contribution in [2.75, 3.05) is 37.7 Å². The van der Waals surface area contributed by atoms with Gasteiger partial charge in [0, 0.05) is 42.6 Å². The molecule has 0 saturated carbocycles. The van der Waals surface area contributed by atoms with Crippen LogP contribution in [0.4, 0.5) is 5.69 Å². The molecule has 0 unspecified atom stereocenters. The van der Waals surface area contributed by atoms with Crippen LogP contribution in [0.3, 0.4) is 0 Å². The molecular weight excluding hydrogens is 268 g/mol. The Morgan fingerprint density at radius 2 is 2.06 bits per heavy atom. The molecule has 2 heterocycles. The van der Waals surface area contributed by atoms with Crippen molar-refractivity contribution < 1.29 is 4.74 Å². The second-order valence-electron chi connectivity index (χ2n) is 4.25. The lowest BCUT2D eigenvalue weighted by Crippen LogP contribution is -2.43. The van der Waals surface area contributed by atoms with Crippen LogP contribution in [0.2, 0.25) is 0 Å². The summed E-state index contributed by atoms with van der Waals surface area (Å²) in [6, 6.07) is 4.35. The molecule has 0 radical (unpaired) electrons. The fraction of sp³-hybridized carbons (Fsp3) is 0.500. The Morgan fingerprint density at radius 1 is 1.25 bits per heavy atom. The van der Waals surface area contributed by atoms with Crippen molar-refractivity contribution in [3.05, 3.63) is 22.2 Å². The third-order valence-corrected chi connectivity index (χ3v) is 3.64. The molecule has 1 aromatic carbocycles. The number of benzene rings is 1. The van der Waals surface area contributed by atoms with E-state index in [0.29, 0.717) is 0 Å². The summed E-state index contributed by atoms with van der Waals surface area (Å²) in [6.07, 6.45) is 1.04. The topological polar surface area (TPSA) is 24.5 Å². The fourth-order valence-electron chi connectivity index (χ4n) is 2.39. The number of halogens is 1. The van der Waals surface area contributed by atoms with Gasteiger partial charge in [0.2, 0.25) is 0 Å². The SMILES string of the molecule is Brc1cc2c(c(N3CCNCC3)c1)OCC2. The number of anilines is 1. The second-order valence-corrected chi connectivity index (χ2v) is 5.16. The second kappa shape index (κ2) is 4.26. The zero-order chi connectivity index (χ0) is 11.0. The Bertz CT molecular complexity index is 402. The average Bonchev–Trinajstić information content (AvgIpc) is 2.77. The highest BCUT2D eigenvalue weighted by Crippen LogP contribution is 2.39. The highest BCUT2D eigenvalue weighted by Gasteiger charge is 2.22. The highest BCUT2D eigenvalue weighted by atomic mass is 79.9. The van der Waals surface area contributed by atoms with Gasteiger partial charge in [-0.3, -0.25) is 0 Å². The predicted molar refractivity (Wildman–Crippen MR) is 68.4 cm³/mol. The molecule has 0 atom stereocenters. The molecule has 2 aliphatic rings. The molecule has 2 aliphatic heterocycles. The molecule has 86 valence electrons. The smallest absolute Gasteiger partial charge is 0.145 e. The van der Waals surface area contributed by atoms with E-state index in [9.17, 15) is 0 Å². The summed E-state index contributed by atoms with van der Waals surface area (Å²) in [5.74, 6) is 1.10. The van der Waals surface area contributed by atoms with Crippen LogP contribution in [0.5, 0.6) is 5.75 Å². The normalized spacial score (nSPS) is 19.4. The van der Waals surface area contributed by atoms with E-state index in [1.54, 1.807) is 0 Å². The largest absolute Gasteiger partial charge is 0.491 e. The van der Waals surface area contributed by atoms with Crippen LogP contribution in [0.25, 0.3) is 0 Å². The first kappa shape index (κ1) is 10.4. The third kappa shape index (κ3) is 1.80. The number of ether oxygens (including phenoxy) is 1. The summed E-state index contributed by atoms with van der Waals surface area (Å²) < 4.78 is 6.91. The first-order valence-corrected chi connectivity index (χ1v) is 6.55. The van der Waals surface area contributed by atoms with Gasteiger partial charge in [-0.2, -0.15) is 0 Å². The molecule has 1 N–H and O–H groups in total. The lowest BCUT2D eigenvalue weighted by molar-refractivity contribution is 0.356. The minimum absolute atomic E-state index is 0.824. The molecule has 0 aromatic heterocycles. The molecule has 3 nitrogen and oxygen atoms in total. The van der Waals surface area contributed by atoms with Gasteiger partial charge in [-0.25, -0.2) is 0 Å². The van der Waals surface area contributed by atoms with Gasteiger partial charge in [0.25, 0.3) is 0 Å². The van der Waals surface area contributed by atoms with Gasteiger partial charge in [0.1, 0.15) is 5.75 Å². The molecule has 16 heavy (non-hydrogen) atoms. The van der Waals surface area contributed by atoms with Gasteiger partial charge >= 0.3 is 0 Å². The maximum absolute atomic E-state index is 5.75. The van der Waals surface area contributed by atoms with E-state index in [2.05, 4.69) is 38.3 Å². The van der Waals surface area contributed by atoms with Crippen LogP contribution in [-0.4, -0.2) is 32.8 Å². The zero-order valence-corrected chi connectivity index (χ0v) is 10.7. The van der Waals surface area contributed by atoms with Gasteiger partial charge in [0.15, 0.2) is 0 Å². The molecule has 1 fully saturated rings. The predicted octanol–water partition coefficient (Wildman–Crippen LogP) is 1.79. The Kier molecular flexibility index (Phi) is 2.77. The standard InChI is InChI=1S/C12H15BrN2O/c13-10-7-9-1-6-16-12(9)11(8-10)15-4-2-14-3-5-15/h7-8,14H,1-6H2. The first-order chi connectivity index (χ1) is 7.84. The number of hydrogen-bond donors (Lipinski definition) is 1. The first-order valence-electron chi connectivity index (χ1n) is 5.75. The molecule has 4 heteroatoms. The number of nitrogens with zero attached hydrogens (tertiary/aromatic N) is 1. The molecule has 1 aromatic rings. The van der Waals surface area contributed by atoms with E-state index in [1.807, 2.05) is 0 Å².